The van der Waals surface area contributed by atoms with Crippen molar-refractivity contribution in [3.8, 4) is 0 Å². The van der Waals surface area contributed by atoms with E-state index >= 15 is 0 Å². The molecule has 2 rings (SSSR count). The molecule has 0 saturated heterocycles. The van der Waals surface area contributed by atoms with Crippen LogP contribution in [-0.2, 0) is 6.42 Å². The number of aromatic nitrogens is 4. The Balaban J connectivity index is 2.55. The lowest BCUT2D eigenvalue weighted by atomic mass is 10.3. The van der Waals surface area contributed by atoms with Crippen LogP contribution in [0.2, 0.25) is 0 Å². The van der Waals surface area contributed by atoms with E-state index in [-0.39, 0.29) is 0 Å². The van der Waals surface area contributed by atoms with E-state index in [2.05, 4.69) is 22.1 Å². The Bertz CT molecular complexity index is 379. The zero-order chi connectivity index (χ0) is 8.39. The van der Waals surface area contributed by atoms with Gasteiger partial charge in [-0.15, -0.1) is 10.2 Å². The van der Waals surface area contributed by atoms with Crippen LogP contribution in [0.1, 0.15) is 19.2 Å². The normalized spacial score (nSPS) is 10.8. The molecule has 2 aromatic rings. The number of hydrogen-bond donors (Lipinski definition) is 0. The van der Waals surface area contributed by atoms with Crippen molar-refractivity contribution in [2.45, 2.75) is 19.8 Å². The van der Waals surface area contributed by atoms with Crippen molar-refractivity contribution in [3.05, 3.63) is 24.4 Å². The van der Waals surface area contributed by atoms with Gasteiger partial charge in [-0.3, -0.25) is 4.40 Å². The summed E-state index contributed by atoms with van der Waals surface area (Å²) in [6.45, 7) is 2.12. The van der Waals surface area contributed by atoms with Crippen molar-refractivity contribution >= 4 is 5.65 Å². The Kier molecular flexibility index (Phi) is 1.74. The summed E-state index contributed by atoms with van der Waals surface area (Å²) in [6.07, 6.45) is 5.50. The van der Waals surface area contributed by atoms with E-state index in [0.717, 1.165) is 24.3 Å². The van der Waals surface area contributed by atoms with Gasteiger partial charge in [0.25, 0.3) is 0 Å². The van der Waals surface area contributed by atoms with Gasteiger partial charge in [0.1, 0.15) is 12.2 Å². The van der Waals surface area contributed by atoms with Crippen molar-refractivity contribution in [2.75, 3.05) is 0 Å². The van der Waals surface area contributed by atoms with Crippen molar-refractivity contribution in [3.63, 3.8) is 0 Å². The molecule has 4 nitrogen and oxygen atoms in total. The van der Waals surface area contributed by atoms with Crippen molar-refractivity contribution in [1.29, 1.82) is 0 Å². The maximum absolute atomic E-state index is 4.06. The summed E-state index contributed by atoms with van der Waals surface area (Å²) in [5, 5.41) is 8.07. The molecule has 2 heterocycles. The average Bonchev–Trinajstić information content (AvgIpc) is 2.50. The lowest BCUT2D eigenvalue weighted by Gasteiger charge is -1.94. The molecule has 0 aromatic carbocycles. The average molecular weight is 162 g/mol. The molecule has 2 aromatic heterocycles. The molecule has 0 amide bonds. The van der Waals surface area contributed by atoms with Gasteiger partial charge < -0.3 is 0 Å². The quantitative estimate of drug-likeness (QED) is 0.663. The van der Waals surface area contributed by atoms with Gasteiger partial charge in [-0.2, -0.15) is 0 Å². The Labute approximate surface area is 70.3 Å². The van der Waals surface area contributed by atoms with Gasteiger partial charge in [-0.1, -0.05) is 6.92 Å². The molecule has 0 N–H and O–H groups in total. The third kappa shape index (κ3) is 1.05. The summed E-state index contributed by atoms with van der Waals surface area (Å²) in [4.78, 5) is 4.01. The van der Waals surface area contributed by atoms with Crippen LogP contribution < -0.4 is 0 Å². The second-order valence-corrected chi connectivity index (χ2v) is 2.67. The van der Waals surface area contributed by atoms with E-state index in [1.165, 1.54) is 0 Å². The van der Waals surface area contributed by atoms with Gasteiger partial charge in [0.15, 0.2) is 5.65 Å². The zero-order valence-corrected chi connectivity index (χ0v) is 6.94. The maximum Gasteiger partial charge on any atom is 0.163 e. The van der Waals surface area contributed by atoms with Crippen LogP contribution in [0.4, 0.5) is 0 Å². The standard InChI is InChI=1S/C8H10N4/c1-2-3-7-10-11-8-4-5-9-6-12(7)8/h4-6H,2-3H2,1H3. The summed E-state index contributed by atoms with van der Waals surface area (Å²) in [6, 6.07) is 1.85. The molecule has 0 fully saturated rings. The Morgan fingerprint density at radius 2 is 2.33 bits per heavy atom. The fraction of sp³-hybridized carbons (Fsp3) is 0.375. The molecule has 0 unspecified atom stereocenters. The minimum atomic E-state index is 0.869. The van der Waals surface area contributed by atoms with Crippen LogP contribution in [0.3, 0.4) is 0 Å². The van der Waals surface area contributed by atoms with Crippen LogP contribution in [0.15, 0.2) is 18.6 Å². The topological polar surface area (TPSA) is 43.1 Å². The molecule has 0 atom stereocenters. The van der Waals surface area contributed by atoms with Gasteiger partial charge in [-0.25, -0.2) is 4.98 Å². The smallest absolute Gasteiger partial charge is 0.163 e. The summed E-state index contributed by atoms with van der Waals surface area (Å²) < 4.78 is 1.92. The Hall–Kier alpha value is -1.45. The van der Waals surface area contributed by atoms with Gasteiger partial charge in [-0.05, 0) is 6.42 Å². The molecule has 0 bridgehead atoms. The van der Waals surface area contributed by atoms with Crippen LogP contribution in [0.25, 0.3) is 5.65 Å². The molecule has 0 radical (unpaired) electrons. The van der Waals surface area contributed by atoms with E-state index in [1.807, 2.05) is 10.5 Å². The first kappa shape index (κ1) is 7.21. The van der Waals surface area contributed by atoms with Gasteiger partial charge in [0.05, 0.1) is 0 Å². The predicted octanol–water partition coefficient (Wildman–Crippen LogP) is 1.08. The lowest BCUT2D eigenvalue weighted by Crippen LogP contribution is -1.93. The van der Waals surface area contributed by atoms with Gasteiger partial charge in [0.2, 0.25) is 0 Å². The number of nitrogens with zero attached hydrogens (tertiary/aromatic N) is 4. The third-order valence-corrected chi connectivity index (χ3v) is 1.76. The van der Waals surface area contributed by atoms with E-state index < -0.39 is 0 Å². The molecule has 0 saturated carbocycles. The zero-order valence-electron chi connectivity index (χ0n) is 6.94. The first-order valence-corrected chi connectivity index (χ1v) is 4.05. The molecule has 12 heavy (non-hydrogen) atoms. The van der Waals surface area contributed by atoms with Crippen molar-refractivity contribution in [2.24, 2.45) is 0 Å². The maximum atomic E-state index is 4.06. The number of hydrogen-bond acceptors (Lipinski definition) is 3. The Morgan fingerprint density at radius 3 is 3.17 bits per heavy atom. The highest BCUT2D eigenvalue weighted by Gasteiger charge is 2.01. The molecule has 0 spiro atoms. The number of rotatable bonds is 2. The minimum Gasteiger partial charge on any atom is -0.269 e. The van der Waals surface area contributed by atoms with E-state index in [4.69, 9.17) is 0 Å². The SMILES string of the molecule is CCCc1nnc2ccncn12. The molecule has 4 heteroatoms. The summed E-state index contributed by atoms with van der Waals surface area (Å²) >= 11 is 0. The highest BCUT2D eigenvalue weighted by molar-refractivity contribution is 5.35. The molecular formula is C8H10N4. The Morgan fingerprint density at radius 1 is 1.42 bits per heavy atom. The number of fused-ring (bicyclic) bond motifs is 1. The van der Waals surface area contributed by atoms with Gasteiger partial charge in [0, 0.05) is 18.7 Å². The summed E-state index contributed by atoms with van der Waals surface area (Å²) in [5.74, 6) is 0.987. The second-order valence-electron chi connectivity index (χ2n) is 2.67. The molecule has 0 aliphatic heterocycles. The fourth-order valence-electron chi connectivity index (χ4n) is 1.19. The van der Waals surface area contributed by atoms with Crippen molar-refractivity contribution < 1.29 is 0 Å². The fourth-order valence-corrected chi connectivity index (χ4v) is 1.19. The molecular weight excluding hydrogens is 152 g/mol. The van der Waals surface area contributed by atoms with E-state index in [9.17, 15) is 0 Å². The van der Waals surface area contributed by atoms with Crippen LogP contribution >= 0.6 is 0 Å². The molecule has 0 aliphatic carbocycles. The van der Waals surface area contributed by atoms with Crippen LogP contribution in [-0.4, -0.2) is 19.6 Å². The first-order chi connectivity index (χ1) is 5.92. The highest BCUT2D eigenvalue weighted by Crippen LogP contribution is 2.02. The van der Waals surface area contributed by atoms with Crippen LogP contribution in [0, 0.1) is 0 Å². The second kappa shape index (κ2) is 2.89. The number of aryl methyl sites for hydroxylation is 1. The predicted molar refractivity (Wildman–Crippen MR) is 44.8 cm³/mol. The first-order valence-electron chi connectivity index (χ1n) is 4.05. The summed E-state index contributed by atoms with van der Waals surface area (Å²) in [7, 11) is 0. The van der Waals surface area contributed by atoms with Crippen LogP contribution in [0.5, 0.6) is 0 Å². The van der Waals surface area contributed by atoms with E-state index in [0.29, 0.717) is 0 Å². The third-order valence-electron chi connectivity index (χ3n) is 1.76. The van der Waals surface area contributed by atoms with E-state index in [1.54, 1.807) is 12.5 Å². The molecule has 62 valence electrons. The monoisotopic (exact) mass is 162 g/mol. The lowest BCUT2D eigenvalue weighted by molar-refractivity contribution is 0.812. The van der Waals surface area contributed by atoms with Crippen molar-refractivity contribution in [1.82, 2.24) is 19.6 Å². The minimum absolute atomic E-state index is 0.869. The van der Waals surface area contributed by atoms with Gasteiger partial charge >= 0.3 is 0 Å². The molecule has 0 aliphatic rings. The largest absolute Gasteiger partial charge is 0.269 e. The summed E-state index contributed by atoms with van der Waals surface area (Å²) in [5.41, 5.74) is 0.869. The highest BCUT2D eigenvalue weighted by atomic mass is 15.3.